The van der Waals surface area contributed by atoms with Gasteiger partial charge in [-0.15, -0.1) is 0 Å². The van der Waals surface area contributed by atoms with Crippen LogP contribution in [-0.4, -0.2) is 19.5 Å². The fraction of sp³-hybridized carbons (Fsp3) is 0.316. The molecule has 0 spiro atoms. The molecule has 2 N–H and O–H groups in total. The van der Waals surface area contributed by atoms with Crippen LogP contribution in [0.1, 0.15) is 43.7 Å². The molecule has 0 aliphatic rings. The van der Waals surface area contributed by atoms with Crippen molar-refractivity contribution in [2.45, 2.75) is 43.0 Å². The Morgan fingerprint density at radius 3 is 2.37 bits per heavy atom. The molecule has 2 rings (SSSR count). The lowest BCUT2D eigenvalue weighted by Gasteiger charge is -2.20. The lowest BCUT2D eigenvalue weighted by Crippen LogP contribution is -2.29. The Labute approximate surface area is 163 Å². The number of halogens is 2. The number of hydrogen-bond acceptors (Lipinski definition) is 3. The zero-order valence-electron chi connectivity index (χ0n) is 14.6. The Morgan fingerprint density at radius 1 is 1.07 bits per heavy atom. The first kappa shape index (κ1) is 21.3. The molecule has 0 bridgehead atoms. The highest BCUT2D eigenvalue weighted by Gasteiger charge is 2.23. The number of carbonyl (C=O) groups is 1. The number of nitrogens with one attached hydrogen (secondary N) is 1. The third-order valence-electron chi connectivity index (χ3n) is 4.09. The minimum Gasteiger partial charge on any atom is -0.481 e. The molecule has 1 unspecified atom stereocenters. The lowest BCUT2D eigenvalue weighted by molar-refractivity contribution is -0.137. The van der Waals surface area contributed by atoms with Crippen molar-refractivity contribution >= 4 is 27.6 Å². The van der Waals surface area contributed by atoms with Gasteiger partial charge in [0.05, 0.1) is 4.90 Å². The highest BCUT2D eigenvalue weighted by atomic mass is 35.5. The first-order valence-electron chi connectivity index (χ1n) is 8.54. The second-order valence-electron chi connectivity index (χ2n) is 6.14. The highest BCUT2D eigenvalue weighted by molar-refractivity contribution is 7.89. The summed E-state index contributed by atoms with van der Waals surface area (Å²) in [5.41, 5.74) is 0.258. The third-order valence-corrected chi connectivity index (χ3v) is 5.82. The molecule has 0 saturated carbocycles. The van der Waals surface area contributed by atoms with Crippen molar-refractivity contribution < 1.29 is 22.7 Å². The SMILES string of the molecule is O=C(O)CCCCCC(NS(=O)(=O)c1ccc(Cl)cc1)c1ccccc1F. The van der Waals surface area contributed by atoms with E-state index >= 15 is 0 Å². The Balaban J connectivity index is 2.15. The van der Waals surface area contributed by atoms with Crippen LogP contribution in [0.5, 0.6) is 0 Å². The lowest BCUT2D eigenvalue weighted by atomic mass is 10.0. The molecule has 0 radical (unpaired) electrons. The van der Waals surface area contributed by atoms with Crippen LogP contribution in [-0.2, 0) is 14.8 Å². The van der Waals surface area contributed by atoms with E-state index in [0.717, 1.165) is 0 Å². The second kappa shape index (κ2) is 9.82. The minimum atomic E-state index is -3.87. The van der Waals surface area contributed by atoms with E-state index in [9.17, 15) is 17.6 Å². The zero-order valence-corrected chi connectivity index (χ0v) is 16.1. The molecule has 0 aliphatic heterocycles. The summed E-state index contributed by atoms with van der Waals surface area (Å²) < 4.78 is 42.1. The van der Waals surface area contributed by atoms with Crippen molar-refractivity contribution in [3.63, 3.8) is 0 Å². The van der Waals surface area contributed by atoms with Gasteiger partial charge in [-0.05, 0) is 43.2 Å². The Hall–Kier alpha value is -1.96. The Kier molecular flexibility index (Phi) is 7.77. The smallest absolute Gasteiger partial charge is 0.303 e. The van der Waals surface area contributed by atoms with E-state index in [-0.39, 0.29) is 16.9 Å². The third kappa shape index (κ3) is 6.61. The summed E-state index contributed by atoms with van der Waals surface area (Å²) in [5.74, 6) is -1.36. The molecule has 8 heteroatoms. The van der Waals surface area contributed by atoms with Gasteiger partial charge in [0.15, 0.2) is 0 Å². The topological polar surface area (TPSA) is 83.5 Å². The fourth-order valence-corrected chi connectivity index (χ4v) is 4.08. The molecule has 5 nitrogen and oxygen atoms in total. The summed E-state index contributed by atoms with van der Waals surface area (Å²) in [6.45, 7) is 0. The number of benzene rings is 2. The molecule has 0 heterocycles. The van der Waals surface area contributed by atoms with Crippen molar-refractivity contribution in [1.29, 1.82) is 0 Å². The predicted octanol–water partition coefficient (Wildman–Crippen LogP) is 4.53. The van der Waals surface area contributed by atoms with E-state index in [0.29, 0.717) is 30.7 Å². The molecule has 0 saturated heterocycles. The molecule has 27 heavy (non-hydrogen) atoms. The van der Waals surface area contributed by atoms with E-state index in [1.54, 1.807) is 12.1 Å². The average molecular weight is 414 g/mol. The molecule has 2 aromatic rings. The number of carboxylic acid groups (broad SMARTS) is 1. The van der Waals surface area contributed by atoms with Crippen LogP contribution in [0.4, 0.5) is 4.39 Å². The average Bonchev–Trinajstić information content (AvgIpc) is 2.61. The Bertz CT molecular complexity index is 872. The van der Waals surface area contributed by atoms with Gasteiger partial charge in [0.25, 0.3) is 0 Å². The van der Waals surface area contributed by atoms with Gasteiger partial charge in [0.2, 0.25) is 10.0 Å². The normalized spacial score (nSPS) is 12.7. The van der Waals surface area contributed by atoms with Crippen LogP contribution in [0.2, 0.25) is 5.02 Å². The van der Waals surface area contributed by atoms with E-state index in [1.807, 2.05) is 0 Å². The van der Waals surface area contributed by atoms with Gasteiger partial charge in [0.1, 0.15) is 5.82 Å². The minimum absolute atomic E-state index is 0.0408. The standard InChI is InChI=1S/C19H21ClFNO4S/c20-14-10-12-15(13-11-14)27(25,26)22-18(8-2-1-3-9-19(23)24)16-6-4-5-7-17(16)21/h4-7,10-13,18,22H,1-3,8-9H2,(H,23,24). The number of carboxylic acids is 1. The van der Waals surface area contributed by atoms with Gasteiger partial charge in [-0.3, -0.25) is 4.79 Å². The quantitative estimate of drug-likeness (QED) is 0.560. The van der Waals surface area contributed by atoms with E-state index < -0.39 is 27.9 Å². The van der Waals surface area contributed by atoms with Crippen LogP contribution in [0.25, 0.3) is 0 Å². The molecule has 1 atom stereocenters. The zero-order chi connectivity index (χ0) is 19.9. The first-order valence-corrected chi connectivity index (χ1v) is 10.4. The summed E-state index contributed by atoms with van der Waals surface area (Å²) >= 11 is 5.80. The molecule has 0 amide bonds. The first-order chi connectivity index (χ1) is 12.8. The monoisotopic (exact) mass is 413 g/mol. The van der Waals surface area contributed by atoms with E-state index in [4.69, 9.17) is 16.7 Å². The number of unbranched alkanes of at least 4 members (excludes halogenated alkanes) is 2. The highest BCUT2D eigenvalue weighted by Crippen LogP contribution is 2.25. The van der Waals surface area contributed by atoms with Gasteiger partial charge in [0, 0.05) is 23.0 Å². The summed E-state index contributed by atoms with van der Waals surface area (Å²) in [6, 6.07) is 11.0. The maximum atomic E-state index is 14.2. The predicted molar refractivity (Wildman–Crippen MR) is 102 cm³/mol. The summed E-state index contributed by atoms with van der Waals surface area (Å²) in [7, 11) is -3.87. The van der Waals surface area contributed by atoms with Crippen molar-refractivity contribution in [2.75, 3.05) is 0 Å². The fourth-order valence-electron chi connectivity index (χ4n) is 2.71. The molecule has 146 valence electrons. The van der Waals surface area contributed by atoms with Crippen molar-refractivity contribution in [3.05, 3.63) is 64.9 Å². The van der Waals surface area contributed by atoms with Crippen LogP contribution < -0.4 is 4.72 Å². The number of aliphatic carboxylic acids is 1. The molecular weight excluding hydrogens is 393 g/mol. The summed E-state index contributed by atoms with van der Waals surface area (Å²) in [6.07, 6.45) is 2.08. The molecule has 0 aliphatic carbocycles. The van der Waals surface area contributed by atoms with Crippen molar-refractivity contribution in [3.8, 4) is 0 Å². The van der Waals surface area contributed by atoms with Crippen molar-refractivity contribution in [2.24, 2.45) is 0 Å². The van der Waals surface area contributed by atoms with Crippen LogP contribution in [0.15, 0.2) is 53.4 Å². The van der Waals surface area contributed by atoms with E-state index in [2.05, 4.69) is 4.72 Å². The van der Waals surface area contributed by atoms with Gasteiger partial charge >= 0.3 is 5.97 Å². The molecular formula is C19H21ClFNO4S. The maximum Gasteiger partial charge on any atom is 0.303 e. The number of rotatable bonds is 10. The van der Waals surface area contributed by atoms with Gasteiger partial charge in [-0.2, -0.15) is 0 Å². The summed E-state index contributed by atoms with van der Waals surface area (Å²) in [4.78, 5) is 10.6. The van der Waals surface area contributed by atoms with Gasteiger partial charge < -0.3 is 5.11 Å². The Morgan fingerprint density at radius 2 is 1.74 bits per heavy atom. The second-order valence-corrected chi connectivity index (χ2v) is 8.29. The molecule has 0 aromatic heterocycles. The van der Waals surface area contributed by atoms with Gasteiger partial charge in [-0.1, -0.05) is 42.6 Å². The van der Waals surface area contributed by atoms with Crippen LogP contribution >= 0.6 is 11.6 Å². The van der Waals surface area contributed by atoms with Crippen LogP contribution in [0, 0.1) is 5.82 Å². The number of hydrogen-bond donors (Lipinski definition) is 2. The van der Waals surface area contributed by atoms with Crippen molar-refractivity contribution in [1.82, 2.24) is 4.72 Å². The molecule has 0 fully saturated rings. The van der Waals surface area contributed by atoms with E-state index in [1.165, 1.54) is 36.4 Å². The number of sulfonamides is 1. The maximum absolute atomic E-state index is 14.2. The molecule has 2 aromatic carbocycles. The van der Waals surface area contributed by atoms with Crippen LogP contribution in [0.3, 0.4) is 0 Å². The largest absolute Gasteiger partial charge is 0.481 e. The van der Waals surface area contributed by atoms with Gasteiger partial charge in [-0.25, -0.2) is 17.5 Å². The summed E-state index contributed by atoms with van der Waals surface area (Å²) in [5, 5.41) is 9.10.